The number of rotatable bonds is 23. The second-order valence-corrected chi connectivity index (χ2v) is 13.1. The van der Waals surface area contributed by atoms with Gasteiger partial charge in [0.05, 0.1) is 12.2 Å². The average Bonchev–Trinajstić information content (AvgIpc) is 2.96. The third-order valence-corrected chi connectivity index (χ3v) is 9.08. The standard InChI is InChI=1S/C33H55N3O5S/c1-3-4-5-6-7-8-9-10-11-12-13-14-15-16-17-19-23-35-32(38)40-26-30-24-31(42-30)27-41-33(39)36(28(2)37)25-29-21-18-20-22-34-29/h18,20-22,30-31H,3-17,19,23-27H2,1-2H3,(H,35,38)/t30-,31-/m0/s1. The summed E-state index contributed by atoms with van der Waals surface area (Å²) in [6.45, 7) is 4.91. The van der Waals surface area contributed by atoms with Gasteiger partial charge in [0.15, 0.2) is 0 Å². The molecule has 1 N–H and O–H groups in total. The van der Waals surface area contributed by atoms with Gasteiger partial charge in [0.25, 0.3) is 0 Å². The molecule has 2 rings (SSSR count). The van der Waals surface area contributed by atoms with Crippen LogP contribution < -0.4 is 5.32 Å². The lowest BCUT2D eigenvalue weighted by molar-refractivity contribution is -0.127. The van der Waals surface area contributed by atoms with Gasteiger partial charge in [0.2, 0.25) is 5.91 Å². The van der Waals surface area contributed by atoms with Crippen LogP contribution in [0.4, 0.5) is 9.59 Å². The predicted octanol–water partition coefficient (Wildman–Crippen LogP) is 8.43. The first-order chi connectivity index (χ1) is 20.5. The van der Waals surface area contributed by atoms with E-state index >= 15 is 0 Å². The quantitative estimate of drug-likeness (QED) is 0.125. The summed E-state index contributed by atoms with van der Waals surface area (Å²) in [6, 6.07) is 5.34. The summed E-state index contributed by atoms with van der Waals surface area (Å²) in [7, 11) is 0. The summed E-state index contributed by atoms with van der Waals surface area (Å²) in [5.41, 5.74) is 0.618. The molecule has 9 heteroatoms. The van der Waals surface area contributed by atoms with E-state index in [-0.39, 0.29) is 35.7 Å². The van der Waals surface area contributed by atoms with Crippen molar-refractivity contribution in [2.45, 2.75) is 140 Å². The van der Waals surface area contributed by atoms with E-state index in [0.29, 0.717) is 18.8 Å². The van der Waals surface area contributed by atoms with Gasteiger partial charge >= 0.3 is 12.2 Å². The first kappa shape index (κ1) is 35.9. The molecule has 0 bridgehead atoms. The van der Waals surface area contributed by atoms with Crippen LogP contribution >= 0.6 is 11.8 Å². The zero-order valence-electron chi connectivity index (χ0n) is 26.2. The lowest BCUT2D eigenvalue weighted by atomic mass is 10.0. The maximum Gasteiger partial charge on any atom is 0.416 e. The SMILES string of the molecule is CCCCCCCCCCCCCCCCCCNC(=O)OC[C@@H]1C[C@@H](COC(=O)N(Cc2ccccn2)C(C)=O)S1. The van der Waals surface area contributed by atoms with Crippen molar-refractivity contribution in [2.24, 2.45) is 0 Å². The molecule has 0 saturated carbocycles. The van der Waals surface area contributed by atoms with Crippen molar-refractivity contribution in [3.63, 3.8) is 0 Å². The van der Waals surface area contributed by atoms with Crippen LogP contribution in [0, 0.1) is 0 Å². The third-order valence-electron chi connectivity index (χ3n) is 7.65. The Morgan fingerprint density at radius 2 is 1.36 bits per heavy atom. The highest BCUT2D eigenvalue weighted by atomic mass is 32.2. The molecule has 1 aliphatic heterocycles. The van der Waals surface area contributed by atoms with Crippen molar-refractivity contribution < 1.29 is 23.9 Å². The lowest BCUT2D eigenvalue weighted by Gasteiger charge is -2.34. The maximum atomic E-state index is 12.4. The number of hydrogen-bond acceptors (Lipinski definition) is 7. The molecule has 1 saturated heterocycles. The van der Waals surface area contributed by atoms with Crippen LogP contribution in [-0.2, 0) is 20.8 Å². The van der Waals surface area contributed by atoms with Crippen molar-refractivity contribution in [1.82, 2.24) is 15.2 Å². The third kappa shape index (κ3) is 17.0. The number of thioether (sulfide) groups is 1. The van der Waals surface area contributed by atoms with Gasteiger partial charge in [0.1, 0.15) is 13.2 Å². The molecule has 3 amide bonds. The van der Waals surface area contributed by atoms with Gasteiger partial charge < -0.3 is 14.8 Å². The first-order valence-electron chi connectivity index (χ1n) is 16.4. The van der Waals surface area contributed by atoms with Crippen molar-refractivity contribution in [3.05, 3.63) is 30.1 Å². The number of hydrogen-bond donors (Lipinski definition) is 1. The molecule has 42 heavy (non-hydrogen) atoms. The summed E-state index contributed by atoms with van der Waals surface area (Å²) in [5, 5.41) is 3.19. The Hall–Kier alpha value is -2.29. The number of nitrogens with zero attached hydrogens (tertiary/aromatic N) is 2. The number of amides is 3. The number of imide groups is 1. The minimum Gasteiger partial charge on any atom is -0.448 e. The van der Waals surface area contributed by atoms with E-state index in [0.717, 1.165) is 24.2 Å². The number of carbonyl (C=O) groups excluding carboxylic acids is 3. The van der Waals surface area contributed by atoms with Gasteiger partial charge in [0, 0.05) is 30.2 Å². The number of aromatic nitrogens is 1. The van der Waals surface area contributed by atoms with Gasteiger partial charge in [-0.15, -0.1) is 11.8 Å². The molecule has 1 aliphatic rings. The second-order valence-electron chi connectivity index (χ2n) is 11.4. The summed E-state index contributed by atoms with van der Waals surface area (Å²) >= 11 is 1.63. The second kappa shape index (κ2) is 23.2. The number of unbranched alkanes of at least 4 members (excludes halogenated alkanes) is 15. The summed E-state index contributed by atoms with van der Waals surface area (Å²) < 4.78 is 10.7. The van der Waals surface area contributed by atoms with E-state index < -0.39 is 6.09 Å². The molecule has 238 valence electrons. The monoisotopic (exact) mass is 605 g/mol. The van der Waals surface area contributed by atoms with Crippen LogP contribution in [0.15, 0.2) is 24.4 Å². The summed E-state index contributed by atoms with van der Waals surface area (Å²) in [6.07, 6.45) is 22.7. The van der Waals surface area contributed by atoms with Gasteiger partial charge in [-0.05, 0) is 25.0 Å². The normalized spacial score (nSPS) is 16.0. The molecule has 0 unspecified atom stereocenters. The number of carbonyl (C=O) groups is 3. The summed E-state index contributed by atoms with van der Waals surface area (Å²) in [4.78, 5) is 41.5. The van der Waals surface area contributed by atoms with E-state index in [9.17, 15) is 14.4 Å². The van der Waals surface area contributed by atoms with Crippen LogP contribution in [0.1, 0.15) is 129 Å². The van der Waals surface area contributed by atoms with Crippen LogP contribution in [-0.4, -0.2) is 58.2 Å². The molecule has 0 aromatic carbocycles. The van der Waals surface area contributed by atoms with Crippen LogP contribution in [0.3, 0.4) is 0 Å². The van der Waals surface area contributed by atoms with Gasteiger partial charge in [-0.1, -0.05) is 109 Å². The van der Waals surface area contributed by atoms with Crippen LogP contribution in [0.5, 0.6) is 0 Å². The van der Waals surface area contributed by atoms with Crippen LogP contribution in [0.25, 0.3) is 0 Å². The average molecular weight is 606 g/mol. The number of alkyl carbamates (subject to hydrolysis) is 1. The van der Waals surface area contributed by atoms with Gasteiger partial charge in [-0.3, -0.25) is 9.78 Å². The molecule has 1 aromatic heterocycles. The minimum atomic E-state index is -0.665. The summed E-state index contributed by atoms with van der Waals surface area (Å²) in [5.74, 6) is -0.385. The zero-order valence-corrected chi connectivity index (χ0v) is 27.0. The number of pyridine rings is 1. The molecule has 1 fully saturated rings. The number of nitrogens with one attached hydrogen (secondary N) is 1. The fourth-order valence-corrected chi connectivity index (χ4v) is 6.22. The molecule has 2 heterocycles. The van der Waals surface area contributed by atoms with Crippen molar-refractivity contribution in [3.8, 4) is 0 Å². The Labute approximate surface area is 258 Å². The topological polar surface area (TPSA) is 97.8 Å². The predicted molar refractivity (Wildman–Crippen MR) is 170 cm³/mol. The molecule has 2 atom stereocenters. The van der Waals surface area contributed by atoms with Crippen molar-refractivity contribution in [1.29, 1.82) is 0 Å². The smallest absolute Gasteiger partial charge is 0.416 e. The largest absolute Gasteiger partial charge is 0.448 e. The molecule has 0 aliphatic carbocycles. The zero-order chi connectivity index (χ0) is 30.3. The van der Waals surface area contributed by atoms with E-state index in [1.165, 1.54) is 96.8 Å². The fourth-order valence-electron chi connectivity index (χ4n) is 5.05. The van der Waals surface area contributed by atoms with E-state index in [1.807, 2.05) is 0 Å². The highest BCUT2D eigenvalue weighted by molar-refractivity contribution is 8.01. The van der Waals surface area contributed by atoms with E-state index in [1.54, 1.807) is 36.2 Å². The number of ether oxygens (including phenoxy) is 2. The molecule has 8 nitrogen and oxygen atoms in total. The molecule has 0 radical (unpaired) electrons. The first-order valence-corrected chi connectivity index (χ1v) is 17.3. The fraction of sp³-hybridized carbons (Fsp3) is 0.758. The Bertz CT molecular complexity index is 867. The van der Waals surface area contributed by atoms with Crippen molar-refractivity contribution in [2.75, 3.05) is 19.8 Å². The molecular weight excluding hydrogens is 550 g/mol. The highest BCUT2D eigenvalue weighted by Crippen LogP contribution is 2.37. The Morgan fingerprint density at radius 1 is 0.833 bits per heavy atom. The Balaban J connectivity index is 1.35. The molecule has 1 aromatic rings. The van der Waals surface area contributed by atoms with E-state index in [2.05, 4.69) is 17.2 Å². The van der Waals surface area contributed by atoms with E-state index in [4.69, 9.17) is 9.47 Å². The Morgan fingerprint density at radius 3 is 1.86 bits per heavy atom. The Kier molecular flexibility index (Phi) is 19.8. The van der Waals surface area contributed by atoms with Crippen molar-refractivity contribution >= 4 is 29.9 Å². The maximum absolute atomic E-state index is 12.4. The highest BCUT2D eigenvalue weighted by Gasteiger charge is 2.33. The van der Waals surface area contributed by atoms with Gasteiger partial charge in [-0.25, -0.2) is 14.5 Å². The molecule has 0 spiro atoms. The minimum absolute atomic E-state index is 0.0812. The lowest BCUT2D eigenvalue weighted by Crippen LogP contribution is -2.40. The van der Waals surface area contributed by atoms with Gasteiger partial charge in [-0.2, -0.15) is 0 Å². The van der Waals surface area contributed by atoms with Crippen LogP contribution in [0.2, 0.25) is 0 Å². The molecular formula is C33H55N3O5S.